The SMILES string of the molecule is CCC[C@H](NC(=O)[C@@H](C)OC(=O)c1occc1C)c1ccccc1. The van der Waals surface area contributed by atoms with Crippen molar-refractivity contribution in [1.82, 2.24) is 5.32 Å². The molecule has 24 heavy (non-hydrogen) atoms. The third-order valence-electron chi connectivity index (χ3n) is 3.80. The lowest BCUT2D eigenvalue weighted by Crippen LogP contribution is -2.38. The fourth-order valence-electron chi connectivity index (χ4n) is 2.43. The molecule has 2 rings (SSSR count). The number of benzene rings is 1. The Morgan fingerprint density at radius 2 is 1.92 bits per heavy atom. The van der Waals surface area contributed by atoms with Gasteiger partial charge in [-0.25, -0.2) is 4.79 Å². The van der Waals surface area contributed by atoms with Gasteiger partial charge in [-0.2, -0.15) is 0 Å². The van der Waals surface area contributed by atoms with Crippen LogP contribution in [-0.4, -0.2) is 18.0 Å². The summed E-state index contributed by atoms with van der Waals surface area (Å²) < 4.78 is 10.3. The lowest BCUT2D eigenvalue weighted by Gasteiger charge is -2.21. The van der Waals surface area contributed by atoms with Gasteiger partial charge in [0.1, 0.15) is 0 Å². The Kier molecular flexibility index (Phi) is 6.18. The number of furan rings is 1. The summed E-state index contributed by atoms with van der Waals surface area (Å²) in [4.78, 5) is 24.4. The largest absolute Gasteiger partial charge is 0.457 e. The van der Waals surface area contributed by atoms with Crippen LogP contribution in [0.25, 0.3) is 0 Å². The van der Waals surface area contributed by atoms with E-state index in [1.165, 1.54) is 6.26 Å². The number of esters is 1. The minimum atomic E-state index is -0.898. The molecule has 0 spiro atoms. The zero-order valence-electron chi connectivity index (χ0n) is 14.2. The lowest BCUT2D eigenvalue weighted by atomic mass is 10.0. The molecule has 0 radical (unpaired) electrons. The molecule has 0 aliphatic carbocycles. The van der Waals surface area contributed by atoms with Crippen molar-refractivity contribution in [2.24, 2.45) is 0 Å². The maximum absolute atomic E-state index is 12.4. The van der Waals surface area contributed by atoms with E-state index in [1.54, 1.807) is 19.9 Å². The number of aryl methyl sites for hydroxylation is 1. The second-order valence-corrected chi connectivity index (χ2v) is 5.74. The lowest BCUT2D eigenvalue weighted by molar-refractivity contribution is -0.130. The topological polar surface area (TPSA) is 68.5 Å². The van der Waals surface area contributed by atoms with Gasteiger partial charge in [0, 0.05) is 5.56 Å². The Morgan fingerprint density at radius 1 is 1.21 bits per heavy atom. The van der Waals surface area contributed by atoms with Gasteiger partial charge >= 0.3 is 5.97 Å². The second kappa shape index (κ2) is 8.34. The van der Waals surface area contributed by atoms with Gasteiger partial charge in [-0.05, 0) is 31.9 Å². The number of hydrogen-bond donors (Lipinski definition) is 1. The summed E-state index contributed by atoms with van der Waals surface area (Å²) in [7, 11) is 0. The molecule has 2 aromatic rings. The van der Waals surface area contributed by atoms with Crippen molar-refractivity contribution in [2.75, 3.05) is 0 Å². The highest BCUT2D eigenvalue weighted by Gasteiger charge is 2.24. The van der Waals surface area contributed by atoms with E-state index in [9.17, 15) is 9.59 Å². The quantitative estimate of drug-likeness (QED) is 0.785. The number of nitrogens with one attached hydrogen (secondary N) is 1. The molecule has 1 heterocycles. The molecule has 0 aliphatic rings. The van der Waals surface area contributed by atoms with E-state index >= 15 is 0 Å². The maximum Gasteiger partial charge on any atom is 0.375 e. The normalized spacial score (nSPS) is 13.1. The van der Waals surface area contributed by atoms with Crippen molar-refractivity contribution >= 4 is 11.9 Å². The van der Waals surface area contributed by atoms with Crippen LogP contribution in [0.1, 0.15) is 54.4 Å². The van der Waals surface area contributed by atoms with Crippen molar-refractivity contribution in [2.45, 2.75) is 45.8 Å². The van der Waals surface area contributed by atoms with Gasteiger partial charge in [-0.1, -0.05) is 43.7 Å². The number of hydrogen-bond acceptors (Lipinski definition) is 4. The number of carbonyl (C=O) groups excluding carboxylic acids is 2. The molecule has 5 nitrogen and oxygen atoms in total. The van der Waals surface area contributed by atoms with E-state index in [0.29, 0.717) is 5.56 Å². The van der Waals surface area contributed by atoms with Crippen LogP contribution in [0.2, 0.25) is 0 Å². The molecule has 0 bridgehead atoms. The zero-order valence-corrected chi connectivity index (χ0v) is 14.2. The molecule has 0 saturated carbocycles. The fourth-order valence-corrected chi connectivity index (χ4v) is 2.43. The molecule has 1 N–H and O–H groups in total. The molecular formula is C19H23NO4. The summed E-state index contributed by atoms with van der Waals surface area (Å²) in [5.41, 5.74) is 1.72. The standard InChI is InChI=1S/C19H23NO4/c1-4-8-16(15-9-6-5-7-10-15)20-18(21)14(3)24-19(22)17-13(2)11-12-23-17/h5-7,9-12,14,16H,4,8H2,1-3H3,(H,20,21)/t14-,16+/m1/s1. The Hall–Kier alpha value is -2.56. The third kappa shape index (κ3) is 4.47. The molecule has 0 fully saturated rings. The first kappa shape index (κ1) is 17.8. The van der Waals surface area contributed by atoms with Gasteiger partial charge < -0.3 is 14.5 Å². The molecule has 0 saturated heterocycles. The molecule has 2 atom stereocenters. The zero-order chi connectivity index (χ0) is 17.5. The molecule has 5 heteroatoms. The first-order valence-electron chi connectivity index (χ1n) is 8.13. The Morgan fingerprint density at radius 3 is 2.50 bits per heavy atom. The predicted molar refractivity (Wildman–Crippen MR) is 90.6 cm³/mol. The summed E-state index contributed by atoms with van der Waals surface area (Å²) >= 11 is 0. The minimum absolute atomic E-state index is 0.102. The van der Waals surface area contributed by atoms with Gasteiger partial charge in [-0.3, -0.25) is 4.79 Å². The van der Waals surface area contributed by atoms with Crippen LogP contribution in [0.3, 0.4) is 0 Å². The number of rotatable bonds is 7. The fraction of sp³-hybridized carbons (Fsp3) is 0.368. The van der Waals surface area contributed by atoms with Crippen LogP contribution >= 0.6 is 0 Å². The number of carbonyl (C=O) groups is 2. The third-order valence-corrected chi connectivity index (χ3v) is 3.80. The summed E-state index contributed by atoms with van der Waals surface area (Å²) in [6.07, 6.45) is 2.27. The van der Waals surface area contributed by atoms with Crippen LogP contribution < -0.4 is 5.32 Å². The van der Waals surface area contributed by atoms with Crippen LogP contribution in [0, 0.1) is 6.92 Å². The molecule has 1 aromatic carbocycles. The van der Waals surface area contributed by atoms with E-state index in [2.05, 4.69) is 12.2 Å². The first-order chi connectivity index (χ1) is 11.5. The summed E-state index contributed by atoms with van der Waals surface area (Å²) in [5.74, 6) is -0.829. The summed E-state index contributed by atoms with van der Waals surface area (Å²) in [5, 5.41) is 2.95. The van der Waals surface area contributed by atoms with Crippen LogP contribution in [0.15, 0.2) is 47.1 Å². The van der Waals surface area contributed by atoms with Crippen LogP contribution in [0.4, 0.5) is 0 Å². The Balaban J connectivity index is 1.99. The second-order valence-electron chi connectivity index (χ2n) is 5.74. The van der Waals surface area contributed by atoms with Crippen LogP contribution in [-0.2, 0) is 9.53 Å². The minimum Gasteiger partial charge on any atom is -0.457 e. The summed E-state index contributed by atoms with van der Waals surface area (Å²) in [6, 6.07) is 11.3. The Labute approximate surface area is 142 Å². The highest BCUT2D eigenvalue weighted by atomic mass is 16.6. The van der Waals surface area contributed by atoms with Crippen molar-refractivity contribution < 1.29 is 18.7 Å². The van der Waals surface area contributed by atoms with E-state index in [1.807, 2.05) is 30.3 Å². The van der Waals surface area contributed by atoms with Gasteiger partial charge in [0.25, 0.3) is 5.91 Å². The van der Waals surface area contributed by atoms with Crippen molar-refractivity contribution in [3.63, 3.8) is 0 Å². The highest BCUT2D eigenvalue weighted by molar-refractivity contribution is 5.91. The van der Waals surface area contributed by atoms with E-state index in [4.69, 9.17) is 9.15 Å². The molecule has 0 aliphatic heterocycles. The maximum atomic E-state index is 12.4. The van der Waals surface area contributed by atoms with E-state index in [-0.39, 0.29) is 17.7 Å². The average Bonchev–Trinajstić information content (AvgIpc) is 3.01. The smallest absolute Gasteiger partial charge is 0.375 e. The molecule has 1 amide bonds. The average molecular weight is 329 g/mol. The predicted octanol–water partition coefficient (Wildman–Crippen LogP) is 3.79. The van der Waals surface area contributed by atoms with E-state index < -0.39 is 12.1 Å². The Bertz CT molecular complexity index is 678. The number of ether oxygens (including phenoxy) is 1. The molecular weight excluding hydrogens is 306 g/mol. The number of amides is 1. The van der Waals surface area contributed by atoms with Crippen molar-refractivity contribution in [3.05, 3.63) is 59.5 Å². The molecule has 1 aromatic heterocycles. The molecule has 0 unspecified atom stereocenters. The monoisotopic (exact) mass is 329 g/mol. The van der Waals surface area contributed by atoms with Gasteiger partial charge in [0.15, 0.2) is 6.10 Å². The van der Waals surface area contributed by atoms with Gasteiger partial charge in [0.05, 0.1) is 12.3 Å². The molecule has 128 valence electrons. The summed E-state index contributed by atoms with van der Waals surface area (Å²) in [6.45, 7) is 5.36. The van der Waals surface area contributed by atoms with Crippen molar-refractivity contribution in [3.8, 4) is 0 Å². The highest BCUT2D eigenvalue weighted by Crippen LogP contribution is 2.19. The van der Waals surface area contributed by atoms with Gasteiger partial charge in [-0.15, -0.1) is 0 Å². The van der Waals surface area contributed by atoms with Gasteiger partial charge in [0.2, 0.25) is 5.76 Å². The van der Waals surface area contributed by atoms with Crippen LogP contribution in [0.5, 0.6) is 0 Å². The van der Waals surface area contributed by atoms with E-state index in [0.717, 1.165) is 18.4 Å². The first-order valence-corrected chi connectivity index (χ1v) is 8.13. The van der Waals surface area contributed by atoms with Crippen molar-refractivity contribution in [1.29, 1.82) is 0 Å².